The molecule has 1 aliphatic heterocycles. The summed E-state index contributed by atoms with van der Waals surface area (Å²) in [6.45, 7) is 7.30. The first-order valence-electron chi connectivity index (χ1n) is 10.8. The van der Waals surface area contributed by atoms with Crippen LogP contribution in [0, 0.1) is 5.92 Å². The molecular formula is C26H34N2O2. The molecule has 2 aromatic carbocycles. The van der Waals surface area contributed by atoms with Crippen LogP contribution in [-0.2, 0) is 4.74 Å². The van der Waals surface area contributed by atoms with Crippen LogP contribution >= 0.6 is 0 Å². The quantitative estimate of drug-likeness (QED) is 0.441. The Balaban J connectivity index is 2.03. The van der Waals surface area contributed by atoms with Crippen LogP contribution in [-0.4, -0.2) is 43.6 Å². The Kier molecular flexibility index (Phi) is 7.69. The van der Waals surface area contributed by atoms with Gasteiger partial charge in [-0.15, -0.1) is 0 Å². The van der Waals surface area contributed by atoms with E-state index in [1.165, 1.54) is 11.1 Å². The van der Waals surface area contributed by atoms with Crippen LogP contribution in [0.1, 0.15) is 44.7 Å². The van der Waals surface area contributed by atoms with E-state index in [0.29, 0.717) is 18.6 Å². The third kappa shape index (κ3) is 5.31. The van der Waals surface area contributed by atoms with Crippen LogP contribution in [0.15, 0.2) is 65.8 Å². The molecule has 30 heavy (non-hydrogen) atoms. The number of allylic oxidation sites excluding steroid dienone is 1. The third-order valence-corrected chi connectivity index (χ3v) is 5.73. The Hall–Kier alpha value is -2.59. The zero-order valence-electron chi connectivity index (χ0n) is 18.8. The molecule has 0 radical (unpaired) electrons. The predicted molar refractivity (Wildman–Crippen MR) is 125 cm³/mol. The first kappa shape index (κ1) is 22.1. The van der Waals surface area contributed by atoms with Crippen LogP contribution in [0.25, 0.3) is 5.57 Å². The Morgan fingerprint density at radius 2 is 1.77 bits per heavy atom. The number of ether oxygens (including phenoxy) is 2. The second-order valence-corrected chi connectivity index (χ2v) is 8.26. The van der Waals surface area contributed by atoms with E-state index in [-0.39, 0.29) is 6.04 Å². The summed E-state index contributed by atoms with van der Waals surface area (Å²) in [5, 5.41) is 0. The molecule has 2 atom stereocenters. The van der Waals surface area contributed by atoms with E-state index in [9.17, 15) is 0 Å². The largest absolute Gasteiger partial charge is 0.497 e. The number of benzene rings is 2. The smallest absolute Gasteiger partial charge is 0.135 e. The van der Waals surface area contributed by atoms with E-state index in [4.69, 9.17) is 14.5 Å². The van der Waals surface area contributed by atoms with E-state index >= 15 is 0 Å². The van der Waals surface area contributed by atoms with Crippen molar-refractivity contribution >= 4 is 11.4 Å². The van der Waals surface area contributed by atoms with Gasteiger partial charge in [-0.2, -0.15) is 0 Å². The zero-order valence-corrected chi connectivity index (χ0v) is 18.8. The van der Waals surface area contributed by atoms with Crippen LogP contribution < -0.4 is 4.74 Å². The summed E-state index contributed by atoms with van der Waals surface area (Å²) < 4.78 is 10.8. The molecule has 0 saturated heterocycles. The lowest BCUT2D eigenvalue weighted by Crippen LogP contribution is -2.39. The molecule has 4 nitrogen and oxygen atoms in total. The van der Waals surface area contributed by atoms with Crippen LogP contribution in [0.2, 0.25) is 0 Å². The molecule has 0 N–H and O–H groups in total. The highest BCUT2D eigenvalue weighted by molar-refractivity contribution is 6.00. The summed E-state index contributed by atoms with van der Waals surface area (Å²) in [4.78, 5) is 7.57. The second-order valence-electron chi connectivity index (χ2n) is 8.26. The van der Waals surface area contributed by atoms with E-state index in [1.807, 2.05) is 12.1 Å². The molecule has 0 unspecified atom stereocenters. The molecule has 4 heteroatoms. The highest BCUT2D eigenvalue weighted by Crippen LogP contribution is 2.31. The van der Waals surface area contributed by atoms with Crippen molar-refractivity contribution in [3.05, 3.63) is 71.9 Å². The molecule has 0 fully saturated rings. The number of methoxy groups -OCH3 is 2. The third-order valence-electron chi connectivity index (χ3n) is 5.73. The second kappa shape index (κ2) is 10.4. The fraction of sp³-hybridized carbons (Fsp3) is 0.423. The fourth-order valence-electron chi connectivity index (χ4n) is 3.74. The van der Waals surface area contributed by atoms with E-state index < -0.39 is 0 Å². The van der Waals surface area contributed by atoms with Crippen LogP contribution in [0.3, 0.4) is 0 Å². The minimum Gasteiger partial charge on any atom is -0.497 e. The van der Waals surface area contributed by atoms with Gasteiger partial charge in [-0.1, -0.05) is 56.3 Å². The molecular weight excluding hydrogens is 372 g/mol. The van der Waals surface area contributed by atoms with E-state index in [1.54, 1.807) is 14.2 Å². The van der Waals surface area contributed by atoms with Gasteiger partial charge in [0.15, 0.2) is 0 Å². The van der Waals surface area contributed by atoms with Gasteiger partial charge < -0.3 is 14.4 Å². The van der Waals surface area contributed by atoms with Crippen LogP contribution in [0.4, 0.5) is 0 Å². The summed E-state index contributed by atoms with van der Waals surface area (Å²) in [6, 6.07) is 19.3. The highest BCUT2D eigenvalue weighted by atomic mass is 16.5. The SMILES string of the molecule is COC[C@H](N=C(c1ccccc1)N1C=C(c2ccc(OC)cc2)CC[C@H]1C)C(C)C. The Morgan fingerprint density at radius 3 is 2.37 bits per heavy atom. The van der Waals surface area contributed by atoms with Crippen molar-refractivity contribution in [2.75, 3.05) is 20.8 Å². The fourth-order valence-corrected chi connectivity index (χ4v) is 3.74. The van der Waals surface area contributed by atoms with Gasteiger partial charge in [-0.25, -0.2) is 0 Å². The molecule has 160 valence electrons. The standard InChI is InChI=1S/C26H34N2O2/c1-19(2)25(18-29-4)27-26(22-9-7-6-8-10-22)28-17-23(12-11-20(28)3)21-13-15-24(30-5)16-14-21/h6-10,13-17,19-20,25H,11-12,18H2,1-5H3/t20-,25+/m1/s1. The average molecular weight is 407 g/mol. The number of hydrogen-bond acceptors (Lipinski definition) is 3. The monoisotopic (exact) mass is 406 g/mol. The maximum atomic E-state index is 5.48. The minimum absolute atomic E-state index is 0.108. The minimum atomic E-state index is 0.108. The van der Waals surface area contributed by atoms with Crippen molar-refractivity contribution in [1.82, 2.24) is 4.90 Å². The first-order chi connectivity index (χ1) is 14.5. The molecule has 0 bridgehead atoms. The highest BCUT2D eigenvalue weighted by Gasteiger charge is 2.25. The Morgan fingerprint density at radius 1 is 1.07 bits per heavy atom. The number of rotatable bonds is 7. The van der Waals surface area contributed by atoms with E-state index in [2.05, 4.69) is 74.3 Å². The molecule has 0 aliphatic carbocycles. The van der Waals surface area contributed by atoms with Gasteiger partial charge in [-0.05, 0) is 49.0 Å². The molecule has 3 rings (SSSR count). The summed E-state index contributed by atoms with van der Waals surface area (Å²) in [5.41, 5.74) is 3.70. The first-order valence-corrected chi connectivity index (χ1v) is 10.8. The summed E-state index contributed by atoms with van der Waals surface area (Å²) >= 11 is 0. The molecule has 2 aromatic rings. The molecule has 1 aliphatic rings. The van der Waals surface area contributed by atoms with Gasteiger partial charge in [0, 0.05) is 24.9 Å². The lowest BCUT2D eigenvalue weighted by molar-refractivity contribution is 0.164. The van der Waals surface area contributed by atoms with Crippen molar-refractivity contribution in [3.8, 4) is 5.75 Å². The average Bonchev–Trinajstić information content (AvgIpc) is 2.78. The number of aliphatic imine (C=N–C) groups is 1. The van der Waals surface area contributed by atoms with Crippen molar-refractivity contribution in [1.29, 1.82) is 0 Å². The summed E-state index contributed by atoms with van der Waals surface area (Å²) in [5.74, 6) is 2.30. The van der Waals surface area contributed by atoms with Crippen molar-refractivity contribution in [3.63, 3.8) is 0 Å². The van der Waals surface area contributed by atoms with E-state index in [0.717, 1.165) is 30.0 Å². The Labute approximate surface area is 181 Å². The van der Waals surface area contributed by atoms with Crippen molar-refractivity contribution in [2.45, 2.75) is 45.7 Å². The summed E-state index contributed by atoms with van der Waals surface area (Å²) in [7, 11) is 3.45. The van der Waals surface area contributed by atoms with Crippen molar-refractivity contribution in [2.24, 2.45) is 10.9 Å². The molecule has 0 saturated carbocycles. The molecule has 0 spiro atoms. The van der Waals surface area contributed by atoms with Crippen molar-refractivity contribution < 1.29 is 9.47 Å². The van der Waals surface area contributed by atoms with Gasteiger partial charge in [0.1, 0.15) is 11.6 Å². The van der Waals surface area contributed by atoms with Gasteiger partial charge in [0.2, 0.25) is 0 Å². The lowest BCUT2D eigenvalue weighted by Gasteiger charge is -2.35. The maximum Gasteiger partial charge on any atom is 0.135 e. The van der Waals surface area contributed by atoms with Crippen LogP contribution in [0.5, 0.6) is 5.75 Å². The van der Waals surface area contributed by atoms with Gasteiger partial charge in [0.05, 0.1) is 19.8 Å². The lowest BCUT2D eigenvalue weighted by atomic mass is 9.94. The maximum absolute atomic E-state index is 5.48. The number of amidine groups is 1. The van der Waals surface area contributed by atoms with Gasteiger partial charge >= 0.3 is 0 Å². The molecule has 1 heterocycles. The number of nitrogens with zero attached hydrogens (tertiary/aromatic N) is 2. The summed E-state index contributed by atoms with van der Waals surface area (Å²) in [6.07, 6.45) is 4.42. The van der Waals surface area contributed by atoms with Gasteiger partial charge in [-0.3, -0.25) is 4.99 Å². The Bertz CT molecular complexity index is 856. The zero-order chi connectivity index (χ0) is 21.5. The molecule has 0 aromatic heterocycles. The normalized spacial score (nSPS) is 18.3. The predicted octanol–water partition coefficient (Wildman–Crippen LogP) is 5.64. The topological polar surface area (TPSA) is 34.1 Å². The molecule has 0 amide bonds. The van der Waals surface area contributed by atoms with Gasteiger partial charge in [0.25, 0.3) is 0 Å². The number of hydrogen-bond donors (Lipinski definition) is 0.